The van der Waals surface area contributed by atoms with Crippen molar-refractivity contribution in [3.8, 4) is 11.1 Å². The molecule has 0 atom stereocenters. The summed E-state index contributed by atoms with van der Waals surface area (Å²) in [6, 6.07) is 11.6. The highest BCUT2D eigenvalue weighted by molar-refractivity contribution is 9.10. The molecule has 25 heavy (non-hydrogen) atoms. The molecule has 0 aliphatic carbocycles. The van der Waals surface area contributed by atoms with Gasteiger partial charge in [-0.05, 0) is 62.8 Å². The molecule has 5 nitrogen and oxygen atoms in total. The largest absolute Gasteiger partial charge is 0.421 e. The van der Waals surface area contributed by atoms with Gasteiger partial charge in [0.25, 0.3) is 5.69 Å². The van der Waals surface area contributed by atoms with Gasteiger partial charge in [-0.2, -0.15) is 0 Å². The first kappa shape index (κ1) is 17.4. The highest BCUT2D eigenvalue weighted by Crippen LogP contribution is 2.33. The van der Waals surface area contributed by atoms with Crippen LogP contribution >= 0.6 is 15.9 Å². The topological polar surface area (TPSA) is 73.3 Å². The van der Waals surface area contributed by atoms with Gasteiger partial charge in [0.1, 0.15) is 0 Å². The van der Waals surface area contributed by atoms with Crippen LogP contribution < -0.4 is 5.63 Å². The zero-order valence-electron chi connectivity index (χ0n) is 14.0. The van der Waals surface area contributed by atoms with Gasteiger partial charge in [-0.15, -0.1) is 0 Å². The van der Waals surface area contributed by atoms with Gasteiger partial charge in [-0.3, -0.25) is 10.1 Å². The molecule has 0 N–H and O–H groups in total. The van der Waals surface area contributed by atoms with Gasteiger partial charge in [0.2, 0.25) is 0 Å². The monoisotopic (exact) mass is 401 g/mol. The lowest BCUT2D eigenvalue weighted by atomic mass is 9.86. The summed E-state index contributed by atoms with van der Waals surface area (Å²) in [5.41, 5.74) is 2.00. The van der Waals surface area contributed by atoms with Crippen molar-refractivity contribution in [1.82, 2.24) is 0 Å². The first-order valence-corrected chi connectivity index (χ1v) is 8.49. The minimum absolute atomic E-state index is 0.0216. The van der Waals surface area contributed by atoms with Crippen molar-refractivity contribution in [3.63, 3.8) is 0 Å². The van der Waals surface area contributed by atoms with Crippen LogP contribution in [0, 0.1) is 10.1 Å². The summed E-state index contributed by atoms with van der Waals surface area (Å²) < 4.78 is 6.21. The van der Waals surface area contributed by atoms with E-state index in [1.165, 1.54) is 12.1 Å². The summed E-state index contributed by atoms with van der Waals surface area (Å²) >= 11 is 3.47. The molecule has 1 heterocycles. The van der Waals surface area contributed by atoms with Crippen LogP contribution in [-0.4, -0.2) is 4.92 Å². The Morgan fingerprint density at radius 3 is 2.28 bits per heavy atom. The fraction of sp³-hybridized carbons (Fsp3) is 0.211. The number of nitro groups is 1. The van der Waals surface area contributed by atoms with E-state index in [1.54, 1.807) is 18.2 Å². The lowest BCUT2D eigenvalue weighted by Crippen LogP contribution is -2.11. The summed E-state index contributed by atoms with van der Waals surface area (Å²) in [4.78, 5) is 22.7. The predicted molar refractivity (Wildman–Crippen MR) is 101 cm³/mol. The Labute approximate surface area is 152 Å². The van der Waals surface area contributed by atoms with Crippen molar-refractivity contribution in [2.45, 2.75) is 26.2 Å². The third-order valence-corrected chi connectivity index (χ3v) is 4.63. The van der Waals surface area contributed by atoms with Crippen molar-refractivity contribution < 1.29 is 9.34 Å². The van der Waals surface area contributed by atoms with Crippen molar-refractivity contribution in [3.05, 3.63) is 73.0 Å². The van der Waals surface area contributed by atoms with Gasteiger partial charge in [-0.25, -0.2) is 4.79 Å². The Hall–Kier alpha value is -2.47. The minimum Gasteiger partial charge on any atom is -0.421 e. The smallest absolute Gasteiger partial charge is 0.344 e. The molecule has 0 aliphatic rings. The number of hydrogen-bond donors (Lipinski definition) is 0. The van der Waals surface area contributed by atoms with E-state index < -0.39 is 10.5 Å². The molecule has 0 aliphatic heterocycles. The molecular formula is C19H16BrNO4. The summed E-state index contributed by atoms with van der Waals surface area (Å²) in [7, 11) is 0. The number of non-ortho nitro benzene ring substituents is 1. The Kier molecular flexibility index (Phi) is 4.24. The number of rotatable bonds is 2. The van der Waals surface area contributed by atoms with E-state index in [9.17, 15) is 14.9 Å². The van der Waals surface area contributed by atoms with E-state index in [0.717, 1.165) is 15.4 Å². The zero-order chi connectivity index (χ0) is 18.4. The number of fused-ring (bicyclic) bond motifs is 1. The van der Waals surface area contributed by atoms with Gasteiger partial charge < -0.3 is 4.42 Å². The number of nitrogens with zero attached hydrogens (tertiary/aromatic N) is 1. The fourth-order valence-electron chi connectivity index (χ4n) is 2.59. The summed E-state index contributed by atoms with van der Waals surface area (Å²) in [5, 5.41) is 11.6. The second kappa shape index (κ2) is 6.11. The lowest BCUT2D eigenvalue weighted by Gasteiger charge is -2.20. The highest BCUT2D eigenvalue weighted by atomic mass is 79.9. The van der Waals surface area contributed by atoms with Gasteiger partial charge in [0, 0.05) is 17.5 Å². The molecule has 1 aromatic heterocycles. The number of halogens is 1. The molecule has 2 aromatic carbocycles. The summed E-state index contributed by atoms with van der Waals surface area (Å²) in [6.45, 7) is 6.32. The van der Waals surface area contributed by atoms with Crippen molar-refractivity contribution in [1.29, 1.82) is 0 Å². The van der Waals surface area contributed by atoms with Crippen molar-refractivity contribution >= 4 is 32.6 Å². The maximum atomic E-state index is 12.4. The second-order valence-electron chi connectivity index (χ2n) is 6.88. The first-order chi connectivity index (χ1) is 11.7. The molecule has 3 aromatic rings. The van der Waals surface area contributed by atoms with E-state index in [0.29, 0.717) is 16.7 Å². The maximum absolute atomic E-state index is 12.4. The van der Waals surface area contributed by atoms with Crippen LogP contribution in [0.2, 0.25) is 0 Å². The molecule has 0 fully saturated rings. The quantitative estimate of drug-likeness (QED) is 0.326. The van der Waals surface area contributed by atoms with Crippen LogP contribution in [0.4, 0.5) is 5.69 Å². The van der Waals surface area contributed by atoms with E-state index in [4.69, 9.17) is 4.42 Å². The molecule has 0 bridgehead atoms. The number of benzene rings is 2. The highest BCUT2D eigenvalue weighted by Gasteiger charge is 2.18. The van der Waals surface area contributed by atoms with Gasteiger partial charge in [0.15, 0.2) is 5.58 Å². The average molecular weight is 402 g/mol. The zero-order valence-corrected chi connectivity index (χ0v) is 15.6. The molecule has 0 unspecified atom stereocenters. The molecule has 128 valence electrons. The third-order valence-electron chi connectivity index (χ3n) is 4.04. The van der Waals surface area contributed by atoms with Crippen LogP contribution in [0.15, 0.2) is 56.1 Å². The summed E-state index contributed by atoms with van der Waals surface area (Å²) in [6.07, 6.45) is 0. The van der Waals surface area contributed by atoms with E-state index in [-0.39, 0.29) is 11.1 Å². The second-order valence-corrected chi connectivity index (χ2v) is 7.73. The van der Waals surface area contributed by atoms with Crippen molar-refractivity contribution in [2.24, 2.45) is 0 Å². The Morgan fingerprint density at radius 2 is 1.72 bits per heavy atom. The molecular weight excluding hydrogens is 386 g/mol. The van der Waals surface area contributed by atoms with Crippen LogP contribution in [0.5, 0.6) is 0 Å². The Balaban J connectivity index is 2.21. The van der Waals surface area contributed by atoms with Gasteiger partial charge >= 0.3 is 5.63 Å². The molecule has 0 radical (unpaired) electrons. The molecule has 0 amide bonds. The van der Waals surface area contributed by atoms with Crippen LogP contribution in [0.3, 0.4) is 0 Å². The van der Waals surface area contributed by atoms with E-state index in [1.807, 2.05) is 12.1 Å². The Morgan fingerprint density at radius 1 is 1.08 bits per heavy atom. The van der Waals surface area contributed by atoms with Gasteiger partial charge in [0.05, 0.1) is 15.0 Å². The molecule has 6 heteroatoms. The number of nitro benzene ring substituents is 1. The predicted octanol–water partition coefficient (Wildman–Crippen LogP) is 5.43. The van der Waals surface area contributed by atoms with Crippen LogP contribution in [-0.2, 0) is 5.41 Å². The van der Waals surface area contributed by atoms with Crippen LogP contribution in [0.25, 0.3) is 22.1 Å². The van der Waals surface area contributed by atoms with Gasteiger partial charge in [-0.1, -0.05) is 20.8 Å². The summed E-state index contributed by atoms with van der Waals surface area (Å²) in [5.74, 6) is 0. The first-order valence-electron chi connectivity index (χ1n) is 7.69. The SMILES string of the molecule is CC(C)(C)c1cc(Br)c2oc(=O)c(-c3ccc([N+](=O)[O-])cc3)cc2c1. The molecule has 3 rings (SSSR count). The lowest BCUT2D eigenvalue weighted by molar-refractivity contribution is -0.384. The minimum atomic E-state index is -0.481. The average Bonchev–Trinajstić information content (AvgIpc) is 2.54. The van der Waals surface area contributed by atoms with Crippen LogP contribution in [0.1, 0.15) is 26.3 Å². The maximum Gasteiger partial charge on any atom is 0.344 e. The van der Waals surface area contributed by atoms with E-state index in [2.05, 4.69) is 36.7 Å². The fourth-order valence-corrected chi connectivity index (χ4v) is 3.15. The number of hydrogen-bond acceptors (Lipinski definition) is 4. The third kappa shape index (κ3) is 3.35. The molecule has 0 saturated heterocycles. The Bertz CT molecular complexity index is 1030. The van der Waals surface area contributed by atoms with E-state index >= 15 is 0 Å². The molecule has 0 spiro atoms. The normalized spacial score (nSPS) is 11.7. The molecule has 0 saturated carbocycles. The van der Waals surface area contributed by atoms with Crippen molar-refractivity contribution in [2.75, 3.05) is 0 Å². The standard InChI is InChI=1S/C19H16BrNO4/c1-19(2,3)13-8-12-9-15(18(22)25-17(12)16(20)10-13)11-4-6-14(7-5-11)21(23)24/h4-10H,1-3H3.